The summed E-state index contributed by atoms with van der Waals surface area (Å²) in [6.07, 6.45) is 0. The minimum atomic E-state index is -3.79. The Morgan fingerprint density at radius 1 is 0.724 bits per heavy atom. The van der Waals surface area contributed by atoms with E-state index in [-0.39, 0.29) is 16.0 Å². The third-order valence-corrected chi connectivity index (χ3v) is 5.46. The second kappa shape index (κ2) is 8.76. The molecule has 0 bridgehead atoms. The number of hydrogen-bond acceptors (Lipinski definition) is 4. The van der Waals surface area contributed by atoms with E-state index in [0.717, 1.165) is 0 Å². The second-order valence-corrected chi connectivity index (χ2v) is 8.03. The smallest absolute Gasteiger partial charge is 0.269 e. The number of anilines is 1. The van der Waals surface area contributed by atoms with Crippen molar-refractivity contribution >= 4 is 39.1 Å². The van der Waals surface area contributed by atoms with Gasteiger partial charge in [0.1, 0.15) is 0 Å². The van der Waals surface area contributed by atoms with Crippen molar-refractivity contribution in [3.8, 4) is 0 Å². The normalized spacial score (nSPS) is 10.8. The number of carbonyl (C=O) groups excluding carboxylic acids is 2. The van der Waals surface area contributed by atoms with E-state index in [0.29, 0.717) is 10.7 Å². The molecule has 0 atom stereocenters. The van der Waals surface area contributed by atoms with E-state index < -0.39 is 21.8 Å². The topological polar surface area (TPSA) is 104 Å². The SMILES string of the molecule is O=C(NNC(=O)c1cccc(Cl)c1)c1ccc(S(=O)(=O)Nc2ccccc2)cc1. The van der Waals surface area contributed by atoms with Gasteiger partial charge in [0.15, 0.2) is 0 Å². The summed E-state index contributed by atoms with van der Waals surface area (Å²) in [5.41, 5.74) is 5.43. The van der Waals surface area contributed by atoms with Crippen LogP contribution in [0.5, 0.6) is 0 Å². The van der Waals surface area contributed by atoms with E-state index in [2.05, 4.69) is 15.6 Å². The van der Waals surface area contributed by atoms with Gasteiger partial charge in [0.2, 0.25) is 0 Å². The number of amides is 2. The molecule has 0 saturated heterocycles. The van der Waals surface area contributed by atoms with Crippen LogP contribution in [0, 0.1) is 0 Å². The first-order valence-electron chi connectivity index (χ1n) is 8.39. The summed E-state index contributed by atoms with van der Waals surface area (Å²) in [5.74, 6) is -1.13. The molecule has 0 unspecified atom stereocenters. The lowest BCUT2D eigenvalue weighted by Gasteiger charge is -2.10. The molecule has 0 aliphatic carbocycles. The maximum Gasteiger partial charge on any atom is 0.269 e. The van der Waals surface area contributed by atoms with Crippen LogP contribution in [0.4, 0.5) is 5.69 Å². The molecule has 3 aromatic carbocycles. The Kier molecular flexibility index (Phi) is 6.16. The van der Waals surface area contributed by atoms with E-state index in [1.165, 1.54) is 30.3 Å². The number of sulfonamides is 1. The molecule has 0 fully saturated rings. The molecule has 0 spiro atoms. The molecular weight excluding hydrogens is 414 g/mol. The van der Waals surface area contributed by atoms with Gasteiger partial charge in [-0.1, -0.05) is 35.9 Å². The number of halogens is 1. The number of hydrazine groups is 1. The first-order valence-corrected chi connectivity index (χ1v) is 10.3. The first kappa shape index (κ1) is 20.4. The number of carbonyl (C=O) groups is 2. The van der Waals surface area contributed by atoms with E-state index in [1.807, 2.05) is 0 Å². The van der Waals surface area contributed by atoms with E-state index in [9.17, 15) is 18.0 Å². The maximum atomic E-state index is 12.4. The number of benzene rings is 3. The van der Waals surface area contributed by atoms with Gasteiger partial charge in [-0.2, -0.15) is 0 Å². The predicted octanol–water partition coefficient (Wildman–Crippen LogP) is 3.22. The maximum absolute atomic E-state index is 12.4. The molecule has 0 radical (unpaired) electrons. The van der Waals surface area contributed by atoms with Crippen molar-refractivity contribution in [1.82, 2.24) is 10.9 Å². The summed E-state index contributed by atoms with van der Waals surface area (Å²) < 4.78 is 27.3. The Labute approximate surface area is 172 Å². The zero-order chi connectivity index (χ0) is 20.9. The average Bonchev–Trinajstić information content (AvgIpc) is 2.72. The molecule has 3 aromatic rings. The summed E-state index contributed by atoms with van der Waals surface area (Å²) in [6.45, 7) is 0. The minimum Gasteiger partial charge on any atom is -0.280 e. The third kappa shape index (κ3) is 5.34. The summed E-state index contributed by atoms with van der Waals surface area (Å²) >= 11 is 5.83. The van der Waals surface area contributed by atoms with Gasteiger partial charge in [-0.3, -0.25) is 25.2 Å². The number of rotatable bonds is 5. The molecule has 7 nitrogen and oxygen atoms in total. The quantitative estimate of drug-likeness (QED) is 0.541. The summed E-state index contributed by atoms with van der Waals surface area (Å²) in [6, 6.07) is 20.0. The van der Waals surface area contributed by atoms with E-state index in [1.54, 1.807) is 48.5 Å². The molecular formula is C20H16ClN3O4S. The van der Waals surface area contributed by atoms with Gasteiger partial charge >= 0.3 is 0 Å². The van der Waals surface area contributed by atoms with Crippen molar-refractivity contribution in [3.63, 3.8) is 0 Å². The monoisotopic (exact) mass is 429 g/mol. The Hall–Kier alpha value is -3.36. The standard InChI is InChI=1S/C20H16ClN3O4S/c21-16-6-4-5-15(13-16)20(26)23-22-19(25)14-9-11-18(12-10-14)29(27,28)24-17-7-2-1-3-8-17/h1-13,24H,(H,22,25)(H,23,26). The minimum absolute atomic E-state index is 0.000802. The van der Waals surface area contributed by atoms with Gasteiger partial charge in [-0.15, -0.1) is 0 Å². The Morgan fingerprint density at radius 2 is 1.34 bits per heavy atom. The predicted molar refractivity (Wildman–Crippen MR) is 110 cm³/mol. The first-order chi connectivity index (χ1) is 13.8. The van der Waals surface area contributed by atoms with Crippen molar-refractivity contribution in [2.45, 2.75) is 4.90 Å². The van der Waals surface area contributed by atoms with Crippen molar-refractivity contribution < 1.29 is 18.0 Å². The van der Waals surface area contributed by atoms with Crippen molar-refractivity contribution in [3.05, 3.63) is 95.0 Å². The fourth-order valence-electron chi connectivity index (χ4n) is 2.39. The van der Waals surface area contributed by atoms with Crippen molar-refractivity contribution in [2.75, 3.05) is 4.72 Å². The van der Waals surface area contributed by atoms with Gasteiger partial charge < -0.3 is 0 Å². The lowest BCUT2D eigenvalue weighted by Crippen LogP contribution is -2.41. The van der Waals surface area contributed by atoms with Crippen LogP contribution in [0.1, 0.15) is 20.7 Å². The van der Waals surface area contributed by atoms with Crippen LogP contribution < -0.4 is 15.6 Å². The molecule has 29 heavy (non-hydrogen) atoms. The van der Waals surface area contributed by atoms with Crippen molar-refractivity contribution in [2.24, 2.45) is 0 Å². The summed E-state index contributed by atoms with van der Waals surface area (Å²) in [7, 11) is -3.79. The van der Waals surface area contributed by atoms with Crippen LogP contribution in [0.25, 0.3) is 0 Å². The highest BCUT2D eigenvalue weighted by molar-refractivity contribution is 7.92. The van der Waals surface area contributed by atoms with E-state index in [4.69, 9.17) is 11.6 Å². The van der Waals surface area contributed by atoms with Gasteiger partial charge in [0, 0.05) is 21.8 Å². The largest absolute Gasteiger partial charge is 0.280 e. The van der Waals surface area contributed by atoms with Gasteiger partial charge in [0.05, 0.1) is 4.90 Å². The molecule has 2 amide bonds. The molecule has 0 heterocycles. The molecule has 0 aliphatic rings. The van der Waals surface area contributed by atoms with Crippen LogP contribution in [-0.4, -0.2) is 20.2 Å². The Bertz CT molecular complexity index is 1130. The highest BCUT2D eigenvalue weighted by atomic mass is 35.5. The zero-order valence-electron chi connectivity index (χ0n) is 14.9. The molecule has 0 aliphatic heterocycles. The molecule has 3 rings (SSSR count). The highest BCUT2D eigenvalue weighted by Crippen LogP contribution is 2.16. The number of hydrogen-bond donors (Lipinski definition) is 3. The Morgan fingerprint density at radius 3 is 1.97 bits per heavy atom. The van der Waals surface area contributed by atoms with Crippen LogP contribution in [0.3, 0.4) is 0 Å². The second-order valence-electron chi connectivity index (χ2n) is 5.91. The zero-order valence-corrected chi connectivity index (χ0v) is 16.5. The van der Waals surface area contributed by atoms with Crippen LogP contribution >= 0.6 is 11.6 Å². The molecule has 148 valence electrons. The molecule has 9 heteroatoms. The summed E-state index contributed by atoms with van der Waals surface area (Å²) in [5, 5.41) is 0.393. The van der Waals surface area contributed by atoms with Gasteiger partial charge in [-0.25, -0.2) is 8.42 Å². The lowest BCUT2D eigenvalue weighted by molar-refractivity contribution is 0.0846. The molecule has 0 aromatic heterocycles. The summed E-state index contributed by atoms with van der Waals surface area (Å²) in [4.78, 5) is 24.2. The van der Waals surface area contributed by atoms with Crippen LogP contribution in [0.15, 0.2) is 83.8 Å². The molecule has 3 N–H and O–H groups in total. The fourth-order valence-corrected chi connectivity index (χ4v) is 3.64. The fraction of sp³-hybridized carbons (Fsp3) is 0. The van der Waals surface area contributed by atoms with E-state index >= 15 is 0 Å². The van der Waals surface area contributed by atoms with Gasteiger partial charge in [0.25, 0.3) is 21.8 Å². The average molecular weight is 430 g/mol. The highest BCUT2D eigenvalue weighted by Gasteiger charge is 2.15. The lowest BCUT2D eigenvalue weighted by atomic mass is 10.2. The van der Waals surface area contributed by atoms with Crippen molar-refractivity contribution in [1.29, 1.82) is 0 Å². The number of nitrogens with one attached hydrogen (secondary N) is 3. The van der Waals surface area contributed by atoms with Gasteiger partial charge in [-0.05, 0) is 54.6 Å². The Balaban J connectivity index is 1.63. The molecule has 0 saturated carbocycles. The van der Waals surface area contributed by atoms with Crippen LogP contribution in [0.2, 0.25) is 5.02 Å². The third-order valence-electron chi connectivity index (χ3n) is 3.83. The number of para-hydroxylation sites is 1. The van der Waals surface area contributed by atoms with Crippen LogP contribution in [-0.2, 0) is 10.0 Å².